The molecule has 0 aliphatic carbocycles. The molecule has 2 aliphatic rings. The van der Waals surface area contributed by atoms with Crippen LogP contribution in [0.3, 0.4) is 0 Å². The van der Waals surface area contributed by atoms with Crippen LogP contribution < -0.4 is 10.6 Å². The van der Waals surface area contributed by atoms with Crippen LogP contribution in [0.2, 0.25) is 0 Å². The van der Waals surface area contributed by atoms with E-state index in [9.17, 15) is 24.4 Å². The van der Waals surface area contributed by atoms with Crippen molar-refractivity contribution in [2.75, 3.05) is 24.2 Å². The quantitative estimate of drug-likeness (QED) is 0.584. The molecule has 2 heterocycles. The Labute approximate surface area is 233 Å². The van der Waals surface area contributed by atoms with Gasteiger partial charge in [0.15, 0.2) is 0 Å². The first-order valence-electron chi connectivity index (χ1n) is 14.3. The van der Waals surface area contributed by atoms with E-state index in [-0.39, 0.29) is 25.3 Å². The summed E-state index contributed by atoms with van der Waals surface area (Å²) in [7, 11) is 0. The molecular formula is C30H35N5O4. The van der Waals surface area contributed by atoms with Crippen LogP contribution in [0.1, 0.15) is 54.4 Å². The Morgan fingerprint density at radius 3 is 2.49 bits per heavy atom. The number of nitrogens with zero attached hydrogens (tertiary/aromatic N) is 3. The molecule has 0 saturated carbocycles. The number of aryl methyl sites for hydroxylation is 2. The molecule has 4 rings (SSSR count). The van der Waals surface area contributed by atoms with Crippen LogP contribution in [-0.4, -0.2) is 59.0 Å². The van der Waals surface area contributed by atoms with Gasteiger partial charge in [0.1, 0.15) is 12.1 Å². The van der Waals surface area contributed by atoms with E-state index in [1.807, 2.05) is 0 Å². The number of carbonyl (C=O) groups excluding carboxylic acids is 4. The minimum atomic E-state index is -3.17. The van der Waals surface area contributed by atoms with Crippen molar-refractivity contribution in [3.8, 4) is 6.07 Å². The Morgan fingerprint density at radius 1 is 1.21 bits per heavy atom. The number of fused-ring (bicyclic) bond motifs is 2. The molecule has 39 heavy (non-hydrogen) atoms. The van der Waals surface area contributed by atoms with Crippen LogP contribution in [0, 0.1) is 30.6 Å². The lowest BCUT2D eigenvalue weighted by Gasteiger charge is -2.35. The molecular weight excluding hydrogens is 494 g/mol. The lowest BCUT2D eigenvalue weighted by molar-refractivity contribution is -0.150. The van der Waals surface area contributed by atoms with Crippen molar-refractivity contribution in [1.82, 2.24) is 9.80 Å². The number of benzene rings is 2. The lowest BCUT2D eigenvalue weighted by Crippen LogP contribution is -2.54. The summed E-state index contributed by atoms with van der Waals surface area (Å²) in [6.45, 7) is 5.47. The number of para-hydroxylation sites is 2. The van der Waals surface area contributed by atoms with Crippen molar-refractivity contribution in [3.05, 3.63) is 59.2 Å². The van der Waals surface area contributed by atoms with E-state index in [2.05, 4.69) is 16.7 Å². The van der Waals surface area contributed by atoms with Crippen LogP contribution in [0.25, 0.3) is 0 Å². The summed E-state index contributed by atoms with van der Waals surface area (Å²) in [5, 5.41) is 15.4. The number of hydrogen-bond acceptors (Lipinski definition) is 5. The summed E-state index contributed by atoms with van der Waals surface area (Å²) < 4.78 is 24.7. The highest BCUT2D eigenvalue weighted by Gasteiger charge is 2.57. The summed E-state index contributed by atoms with van der Waals surface area (Å²) >= 11 is 0. The van der Waals surface area contributed by atoms with Crippen LogP contribution in [-0.2, 0) is 24.6 Å². The van der Waals surface area contributed by atoms with Crippen molar-refractivity contribution in [1.29, 1.82) is 5.26 Å². The van der Waals surface area contributed by atoms with E-state index in [0.29, 0.717) is 33.0 Å². The van der Waals surface area contributed by atoms with Gasteiger partial charge in [-0.3, -0.25) is 19.2 Å². The molecule has 204 valence electrons. The summed E-state index contributed by atoms with van der Waals surface area (Å²) in [5.41, 5.74) is 1.09. The van der Waals surface area contributed by atoms with E-state index in [1.54, 1.807) is 77.1 Å². The topological polar surface area (TPSA) is 123 Å². The van der Waals surface area contributed by atoms with Crippen molar-refractivity contribution in [2.24, 2.45) is 5.41 Å². The molecule has 0 unspecified atom stereocenters. The molecule has 4 amide bonds. The first kappa shape index (κ1) is 23.9. The average molecular weight is 533 g/mol. The van der Waals surface area contributed by atoms with Gasteiger partial charge >= 0.3 is 11.8 Å². The highest BCUT2D eigenvalue weighted by Crippen LogP contribution is 2.46. The number of likely N-dealkylation sites (N-methyl/N-ethyl adjacent to an activating group) is 1. The largest absolute Gasteiger partial charge is 0.325 e. The first-order chi connectivity index (χ1) is 19.5. The maximum absolute atomic E-state index is 14.3. The normalized spacial score (nSPS) is 22.2. The zero-order valence-corrected chi connectivity index (χ0v) is 22.8. The van der Waals surface area contributed by atoms with Gasteiger partial charge in [-0.15, -0.1) is 0 Å². The van der Waals surface area contributed by atoms with Crippen molar-refractivity contribution in [3.63, 3.8) is 0 Å². The number of hydrogen-bond donors (Lipinski definition) is 2. The Morgan fingerprint density at radius 2 is 1.87 bits per heavy atom. The van der Waals surface area contributed by atoms with Gasteiger partial charge in [-0.25, -0.2) is 0 Å². The highest BCUT2D eigenvalue weighted by atomic mass is 16.2. The van der Waals surface area contributed by atoms with E-state index >= 15 is 0 Å². The molecule has 3 atom stereocenters. The fraction of sp³-hybridized carbons (Fsp3) is 0.433. The number of rotatable bonds is 4. The zero-order chi connectivity index (χ0) is 31.2. The summed E-state index contributed by atoms with van der Waals surface area (Å²) in [5.74, 6) is -3.76. The second-order valence-corrected chi connectivity index (χ2v) is 11.6. The third kappa shape index (κ3) is 5.11. The molecule has 1 saturated heterocycles. The smallest absolute Gasteiger partial charge is 0.313 e. The minimum absolute atomic E-state index is 0.00901. The van der Waals surface area contributed by atoms with Gasteiger partial charge in [0.05, 0.1) is 11.5 Å². The van der Waals surface area contributed by atoms with E-state index < -0.39 is 47.6 Å². The Kier molecular flexibility index (Phi) is 6.23. The van der Waals surface area contributed by atoms with Crippen molar-refractivity contribution in [2.45, 2.75) is 65.0 Å². The fourth-order valence-corrected chi connectivity index (χ4v) is 5.48. The molecule has 0 aromatic heterocycles. The van der Waals surface area contributed by atoms with Gasteiger partial charge in [-0.1, -0.05) is 57.2 Å². The number of likely N-dealkylation sites (tertiary alicyclic amines) is 1. The maximum atomic E-state index is 14.3. The van der Waals surface area contributed by atoms with Crippen molar-refractivity contribution < 1.29 is 23.3 Å². The average Bonchev–Trinajstić information content (AvgIpc) is 3.41. The zero-order valence-electron chi connectivity index (χ0n) is 25.8. The van der Waals surface area contributed by atoms with Gasteiger partial charge in [-0.2, -0.15) is 5.26 Å². The highest BCUT2D eigenvalue weighted by molar-refractivity contribution is 6.40. The van der Waals surface area contributed by atoms with Crippen molar-refractivity contribution >= 4 is 35.0 Å². The third-order valence-electron chi connectivity index (χ3n) is 7.45. The van der Waals surface area contributed by atoms with E-state index in [0.717, 1.165) is 0 Å². The minimum Gasteiger partial charge on any atom is -0.325 e. The molecule has 9 nitrogen and oxygen atoms in total. The Bertz CT molecular complexity index is 1470. The van der Waals surface area contributed by atoms with E-state index in [4.69, 9.17) is 4.11 Å². The SMILES string of the molecule is [2H]C([2H])([2H])N(C(=O)C(=O)Nc1c(C)cccc1C)[C@@H](CC(C)(C)C)C(=O)N1C[C@]2(C[C@H]1C#N)C(=O)Nc1ccccc12. The molecule has 2 N–H and O–H groups in total. The number of nitrogens with one attached hydrogen (secondary N) is 2. The molecule has 1 spiro atoms. The summed E-state index contributed by atoms with van der Waals surface area (Å²) in [6.07, 6.45) is -0.105. The number of amides is 4. The van der Waals surface area contributed by atoms with Gasteiger partial charge < -0.3 is 20.4 Å². The van der Waals surface area contributed by atoms with Gasteiger partial charge in [-0.05, 0) is 48.4 Å². The molecule has 1 fully saturated rings. The molecule has 9 heteroatoms. The van der Waals surface area contributed by atoms with Gasteiger partial charge in [0.25, 0.3) is 0 Å². The predicted molar refractivity (Wildman–Crippen MR) is 148 cm³/mol. The molecule has 2 aliphatic heterocycles. The Balaban J connectivity index is 1.73. The summed E-state index contributed by atoms with van der Waals surface area (Å²) in [4.78, 5) is 56.0. The van der Waals surface area contributed by atoms with Crippen LogP contribution in [0.4, 0.5) is 11.4 Å². The Hall–Kier alpha value is -4.19. The van der Waals surface area contributed by atoms with Crippen LogP contribution in [0.15, 0.2) is 42.5 Å². The molecule has 0 radical (unpaired) electrons. The number of carbonyl (C=O) groups is 4. The number of nitriles is 1. The van der Waals surface area contributed by atoms with E-state index in [1.165, 1.54) is 4.90 Å². The molecule has 2 aromatic carbocycles. The predicted octanol–water partition coefficient (Wildman–Crippen LogP) is 3.52. The standard InChI is InChI=1S/C30H35N5O4/c1-18-10-9-11-19(2)24(18)33-25(36)27(38)34(6)23(15-29(3,4)5)26(37)35-17-30(14-20(35)16-31)21-12-7-8-13-22(21)32-28(30)39/h7-13,20,23H,14-15,17H2,1-6H3,(H,32,39)(H,33,36)/t20-,23-,30-/m0/s1/i6D3. The number of anilines is 2. The van der Waals surface area contributed by atoms with Crippen LogP contribution in [0.5, 0.6) is 0 Å². The fourth-order valence-electron chi connectivity index (χ4n) is 5.48. The van der Waals surface area contributed by atoms with Gasteiger partial charge in [0, 0.05) is 35.4 Å². The van der Waals surface area contributed by atoms with Gasteiger partial charge in [0.2, 0.25) is 11.8 Å². The van der Waals surface area contributed by atoms with Crippen LogP contribution >= 0.6 is 0 Å². The molecule has 0 bridgehead atoms. The maximum Gasteiger partial charge on any atom is 0.313 e. The second kappa shape index (κ2) is 10.2. The molecule has 2 aromatic rings. The third-order valence-corrected chi connectivity index (χ3v) is 7.45. The monoisotopic (exact) mass is 532 g/mol. The lowest BCUT2D eigenvalue weighted by atomic mass is 9.80. The first-order valence-corrected chi connectivity index (χ1v) is 12.8. The summed E-state index contributed by atoms with van der Waals surface area (Å²) in [6, 6.07) is 11.7. The second-order valence-electron chi connectivity index (χ2n) is 11.6.